The minimum Gasteiger partial charge on any atom is -0.478 e. The van der Waals surface area contributed by atoms with Gasteiger partial charge in [0.05, 0.1) is 11.1 Å². The maximum atomic E-state index is 13.0. The Bertz CT molecular complexity index is 1530. The highest BCUT2D eigenvalue weighted by Crippen LogP contribution is 2.25. The molecule has 0 saturated carbocycles. The molecule has 0 saturated heterocycles. The average molecular weight is 462 g/mol. The zero-order valence-corrected chi connectivity index (χ0v) is 18.3. The number of hydrogen-bond donors (Lipinski definition) is 2. The maximum absolute atomic E-state index is 13.0. The van der Waals surface area contributed by atoms with E-state index in [-0.39, 0.29) is 22.6 Å². The molecule has 170 valence electrons. The van der Waals surface area contributed by atoms with Gasteiger partial charge < -0.3 is 15.2 Å². The summed E-state index contributed by atoms with van der Waals surface area (Å²) in [6.45, 7) is 0. The fourth-order valence-electron chi connectivity index (χ4n) is 3.48. The van der Waals surface area contributed by atoms with E-state index in [4.69, 9.17) is 9.84 Å². The number of para-hydroxylation sites is 1. The number of carboxylic acid groups (broad SMARTS) is 1. The molecule has 0 heterocycles. The first-order valence-electron chi connectivity index (χ1n) is 10.5. The lowest BCUT2D eigenvalue weighted by atomic mass is 10.0. The van der Waals surface area contributed by atoms with Crippen molar-refractivity contribution in [2.75, 3.05) is 5.32 Å². The number of nitriles is 1. The number of carboxylic acids is 1. The summed E-state index contributed by atoms with van der Waals surface area (Å²) in [6.07, 6.45) is 1.31. The third-order valence-corrected chi connectivity index (χ3v) is 5.16. The number of rotatable bonds is 6. The van der Waals surface area contributed by atoms with E-state index in [2.05, 4.69) is 5.32 Å². The molecule has 2 N–H and O–H groups in total. The van der Waals surface area contributed by atoms with Gasteiger partial charge in [0.2, 0.25) is 0 Å². The van der Waals surface area contributed by atoms with E-state index in [9.17, 15) is 19.6 Å². The van der Waals surface area contributed by atoms with Crippen LogP contribution in [-0.2, 0) is 4.79 Å². The minimum atomic E-state index is -1.14. The van der Waals surface area contributed by atoms with Crippen molar-refractivity contribution in [1.29, 1.82) is 5.26 Å². The van der Waals surface area contributed by atoms with Crippen molar-refractivity contribution in [2.45, 2.75) is 0 Å². The molecular weight excluding hydrogens is 444 g/mol. The summed E-state index contributed by atoms with van der Waals surface area (Å²) in [7, 11) is 0. The third kappa shape index (κ3) is 5.24. The van der Waals surface area contributed by atoms with Crippen molar-refractivity contribution in [2.24, 2.45) is 0 Å². The lowest BCUT2D eigenvalue weighted by Crippen LogP contribution is -2.14. The van der Waals surface area contributed by atoms with Crippen LogP contribution in [0.25, 0.3) is 16.8 Å². The van der Waals surface area contributed by atoms with Crippen LogP contribution in [0.2, 0.25) is 0 Å². The second-order valence-electron chi connectivity index (χ2n) is 7.46. The number of carbonyl (C=O) groups excluding carboxylic acids is 2. The summed E-state index contributed by atoms with van der Waals surface area (Å²) in [6, 6.07) is 26.8. The Morgan fingerprint density at radius 2 is 1.60 bits per heavy atom. The highest BCUT2D eigenvalue weighted by Gasteiger charge is 2.16. The molecule has 1 amide bonds. The lowest BCUT2D eigenvalue weighted by molar-refractivity contribution is -0.112. The molecule has 4 aromatic rings. The molecule has 0 unspecified atom stereocenters. The number of anilines is 1. The molecule has 0 radical (unpaired) electrons. The van der Waals surface area contributed by atoms with E-state index in [1.165, 1.54) is 30.3 Å². The SMILES string of the molecule is N#C/C(=C\c1ccccc1OC(=O)c1cccc2ccccc12)C(=O)Nc1cccc(C(=O)O)c1. The molecule has 4 rings (SSSR count). The number of esters is 1. The van der Waals surface area contributed by atoms with Gasteiger partial charge in [-0.05, 0) is 47.2 Å². The van der Waals surface area contributed by atoms with Crippen LogP contribution in [0.3, 0.4) is 0 Å². The Morgan fingerprint density at radius 1 is 0.886 bits per heavy atom. The van der Waals surface area contributed by atoms with Crippen LogP contribution >= 0.6 is 0 Å². The van der Waals surface area contributed by atoms with Gasteiger partial charge >= 0.3 is 11.9 Å². The van der Waals surface area contributed by atoms with E-state index in [0.29, 0.717) is 11.1 Å². The summed E-state index contributed by atoms with van der Waals surface area (Å²) >= 11 is 0. The number of hydrogen-bond acceptors (Lipinski definition) is 5. The van der Waals surface area contributed by atoms with E-state index < -0.39 is 17.8 Å². The average Bonchev–Trinajstić information content (AvgIpc) is 2.87. The Labute approximate surface area is 200 Å². The van der Waals surface area contributed by atoms with E-state index in [1.807, 2.05) is 36.4 Å². The first kappa shape index (κ1) is 23.0. The van der Waals surface area contributed by atoms with Gasteiger partial charge in [0.25, 0.3) is 5.91 Å². The first-order chi connectivity index (χ1) is 17.0. The van der Waals surface area contributed by atoms with Crippen molar-refractivity contribution in [3.8, 4) is 11.8 Å². The number of nitrogens with one attached hydrogen (secondary N) is 1. The lowest BCUT2D eigenvalue weighted by Gasteiger charge is -2.10. The minimum absolute atomic E-state index is 0.00372. The van der Waals surface area contributed by atoms with Crippen LogP contribution in [0, 0.1) is 11.3 Å². The fraction of sp³-hybridized carbons (Fsp3) is 0. The Hall–Kier alpha value is -5.22. The highest BCUT2D eigenvalue weighted by atomic mass is 16.5. The zero-order valence-electron chi connectivity index (χ0n) is 18.3. The molecule has 0 atom stereocenters. The van der Waals surface area contributed by atoms with Crippen molar-refractivity contribution in [1.82, 2.24) is 0 Å². The predicted octanol–water partition coefficient (Wildman–Crippen LogP) is 5.30. The number of fused-ring (bicyclic) bond motifs is 1. The van der Waals surface area contributed by atoms with Gasteiger partial charge in [0.15, 0.2) is 0 Å². The van der Waals surface area contributed by atoms with Crippen molar-refractivity contribution < 1.29 is 24.2 Å². The quantitative estimate of drug-likeness (QED) is 0.174. The summed E-state index contributed by atoms with van der Waals surface area (Å²) < 4.78 is 5.64. The molecular formula is C28H18N2O5. The molecule has 0 bridgehead atoms. The van der Waals surface area contributed by atoms with E-state index >= 15 is 0 Å². The number of amides is 1. The van der Waals surface area contributed by atoms with Crippen LogP contribution in [0.1, 0.15) is 26.3 Å². The molecule has 4 aromatic carbocycles. The van der Waals surface area contributed by atoms with Crippen molar-refractivity contribution in [3.05, 3.63) is 113 Å². The van der Waals surface area contributed by atoms with Gasteiger partial charge in [0, 0.05) is 11.3 Å². The molecule has 35 heavy (non-hydrogen) atoms. The van der Waals surface area contributed by atoms with Gasteiger partial charge in [-0.3, -0.25) is 4.79 Å². The van der Waals surface area contributed by atoms with Crippen LogP contribution < -0.4 is 10.1 Å². The molecule has 0 aliphatic heterocycles. The van der Waals surface area contributed by atoms with Crippen LogP contribution in [-0.4, -0.2) is 23.0 Å². The number of nitrogens with zero attached hydrogens (tertiary/aromatic N) is 1. The summed E-state index contributed by atoms with van der Waals surface area (Å²) in [5.41, 5.74) is 0.715. The van der Waals surface area contributed by atoms with Gasteiger partial charge in [-0.1, -0.05) is 60.7 Å². The van der Waals surface area contributed by atoms with Crippen LogP contribution in [0.15, 0.2) is 96.6 Å². The number of benzene rings is 4. The monoisotopic (exact) mass is 462 g/mol. The third-order valence-electron chi connectivity index (χ3n) is 5.16. The second kappa shape index (κ2) is 10.1. The second-order valence-corrected chi connectivity index (χ2v) is 7.46. The highest BCUT2D eigenvalue weighted by molar-refractivity contribution is 6.10. The molecule has 0 aromatic heterocycles. The van der Waals surface area contributed by atoms with Gasteiger partial charge in [0.1, 0.15) is 17.4 Å². The van der Waals surface area contributed by atoms with Gasteiger partial charge in [-0.2, -0.15) is 5.26 Å². The zero-order chi connectivity index (χ0) is 24.8. The van der Waals surface area contributed by atoms with Crippen LogP contribution in [0.5, 0.6) is 5.75 Å². The smallest absolute Gasteiger partial charge is 0.344 e. The number of carbonyl (C=O) groups is 3. The van der Waals surface area contributed by atoms with Crippen molar-refractivity contribution in [3.63, 3.8) is 0 Å². The standard InChI is InChI=1S/C28H18N2O5/c29-17-21(26(31)30-22-11-5-10-20(16-22)27(32)33)15-19-8-2-4-14-25(19)35-28(34)24-13-6-9-18-7-1-3-12-23(18)24/h1-16H,(H,30,31)(H,32,33)/b21-15+. The fourth-order valence-corrected chi connectivity index (χ4v) is 3.48. The first-order valence-corrected chi connectivity index (χ1v) is 10.5. The molecule has 0 fully saturated rings. The normalized spacial score (nSPS) is 10.9. The summed E-state index contributed by atoms with van der Waals surface area (Å²) in [4.78, 5) is 36.8. The van der Waals surface area contributed by atoms with Crippen molar-refractivity contribution >= 4 is 40.4 Å². The van der Waals surface area contributed by atoms with E-state index in [1.54, 1.807) is 36.4 Å². The Kier molecular flexibility index (Phi) is 6.66. The Morgan fingerprint density at radius 3 is 2.40 bits per heavy atom. The number of ether oxygens (including phenoxy) is 1. The van der Waals surface area contributed by atoms with Gasteiger partial charge in [-0.15, -0.1) is 0 Å². The van der Waals surface area contributed by atoms with E-state index in [0.717, 1.165) is 10.8 Å². The van der Waals surface area contributed by atoms with Crippen LogP contribution in [0.4, 0.5) is 5.69 Å². The molecule has 0 spiro atoms. The summed E-state index contributed by atoms with van der Waals surface area (Å²) in [5, 5.41) is 22.8. The maximum Gasteiger partial charge on any atom is 0.344 e. The Balaban J connectivity index is 1.60. The molecule has 7 heteroatoms. The molecule has 7 nitrogen and oxygen atoms in total. The molecule has 0 aliphatic rings. The predicted molar refractivity (Wildman–Crippen MR) is 131 cm³/mol. The van der Waals surface area contributed by atoms with Gasteiger partial charge in [-0.25, -0.2) is 9.59 Å². The summed E-state index contributed by atoms with van der Waals surface area (Å²) in [5.74, 6) is -2.26. The largest absolute Gasteiger partial charge is 0.478 e. The topological polar surface area (TPSA) is 116 Å². The molecule has 0 aliphatic carbocycles. The number of aromatic carboxylic acids is 1.